The fraction of sp³-hybridized carbons (Fsp3) is 0.857. The second-order valence-electron chi connectivity index (χ2n) is 3.54. The van der Waals surface area contributed by atoms with Crippen LogP contribution in [0, 0.1) is 0 Å². The highest BCUT2D eigenvalue weighted by atomic mass is 16.5. The van der Waals surface area contributed by atoms with Crippen LogP contribution in [0.1, 0.15) is 20.8 Å². The quantitative estimate of drug-likeness (QED) is 0.295. The second-order valence-corrected chi connectivity index (χ2v) is 3.54. The van der Waals surface area contributed by atoms with Crippen molar-refractivity contribution in [2.75, 3.05) is 6.61 Å². The fourth-order valence-corrected chi connectivity index (χ4v) is 0.523. The minimum absolute atomic E-state index is 0.173. The number of carbonyl (C=O) groups is 1. The highest BCUT2D eigenvalue weighted by Crippen LogP contribution is 2.06. The lowest BCUT2D eigenvalue weighted by atomic mass is 10.2. The molecule has 0 fully saturated rings. The molecule has 1 amide bonds. The van der Waals surface area contributed by atoms with Crippen molar-refractivity contribution >= 4 is 5.91 Å². The maximum Gasteiger partial charge on any atom is 0.253 e. The van der Waals surface area contributed by atoms with Crippen LogP contribution in [0.2, 0.25) is 0 Å². The summed E-state index contributed by atoms with van der Waals surface area (Å²) in [5.74, 6) is 4.46. The molecule has 0 unspecified atom stereocenters. The number of amides is 1. The van der Waals surface area contributed by atoms with Gasteiger partial charge in [0.05, 0.1) is 12.2 Å². The van der Waals surface area contributed by atoms with Crippen LogP contribution in [0.3, 0.4) is 0 Å². The molecule has 0 aromatic rings. The predicted molar refractivity (Wildman–Crippen MR) is 46.0 cm³/mol. The molecule has 0 aliphatic carbocycles. The van der Waals surface area contributed by atoms with Crippen LogP contribution >= 0.6 is 0 Å². The Hall–Kier alpha value is -0.650. The Morgan fingerprint density at radius 2 is 2.08 bits per heavy atom. The van der Waals surface area contributed by atoms with Crippen molar-refractivity contribution in [1.82, 2.24) is 5.43 Å². The van der Waals surface area contributed by atoms with E-state index in [0.717, 1.165) is 0 Å². The SMILES string of the molecule is CC(C)(C)OC[C@H](N)C(=O)NN. The Kier molecular flexibility index (Phi) is 4.16. The normalized spacial score (nSPS) is 14.1. The number of nitrogens with two attached hydrogens (primary N) is 2. The molecule has 0 bridgehead atoms. The molecule has 0 aromatic carbocycles. The molecule has 5 heteroatoms. The summed E-state index contributed by atoms with van der Waals surface area (Å²) >= 11 is 0. The summed E-state index contributed by atoms with van der Waals surface area (Å²) in [4.78, 5) is 10.8. The first-order chi connectivity index (χ1) is 5.37. The third kappa shape index (κ3) is 5.06. The number of hydrogen-bond donors (Lipinski definition) is 3. The van der Waals surface area contributed by atoms with Crippen LogP contribution in [0.15, 0.2) is 0 Å². The van der Waals surface area contributed by atoms with E-state index < -0.39 is 11.9 Å². The first-order valence-corrected chi connectivity index (χ1v) is 3.77. The topological polar surface area (TPSA) is 90.4 Å². The van der Waals surface area contributed by atoms with Crippen LogP contribution in [0.4, 0.5) is 0 Å². The number of carbonyl (C=O) groups excluding carboxylic acids is 1. The zero-order chi connectivity index (χ0) is 9.78. The van der Waals surface area contributed by atoms with Crippen LogP contribution < -0.4 is 17.0 Å². The summed E-state index contributed by atoms with van der Waals surface area (Å²) in [5.41, 5.74) is 7.09. The summed E-state index contributed by atoms with van der Waals surface area (Å²) in [6.07, 6.45) is 0. The number of rotatable bonds is 3. The van der Waals surface area contributed by atoms with Gasteiger partial charge in [-0.05, 0) is 20.8 Å². The lowest BCUT2D eigenvalue weighted by molar-refractivity contribution is -0.125. The molecule has 0 aliphatic heterocycles. The van der Waals surface area contributed by atoms with Crippen molar-refractivity contribution in [2.24, 2.45) is 11.6 Å². The lowest BCUT2D eigenvalue weighted by Crippen LogP contribution is -2.47. The summed E-state index contributed by atoms with van der Waals surface area (Å²) in [6.45, 7) is 5.84. The molecule has 0 aromatic heterocycles. The predicted octanol–water partition coefficient (Wildman–Crippen LogP) is -0.881. The van der Waals surface area contributed by atoms with E-state index in [1.165, 1.54) is 0 Å². The molecular formula is C7H17N3O2. The van der Waals surface area contributed by atoms with Crippen molar-refractivity contribution in [3.05, 3.63) is 0 Å². The van der Waals surface area contributed by atoms with Gasteiger partial charge in [-0.15, -0.1) is 0 Å². The van der Waals surface area contributed by atoms with Crippen LogP contribution in [0.25, 0.3) is 0 Å². The van der Waals surface area contributed by atoms with E-state index in [-0.39, 0.29) is 12.2 Å². The third-order valence-corrected chi connectivity index (χ3v) is 1.17. The van der Waals surface area contributed by atoms with Crippen LogP contribution in [0.5, 0.6) is 0 Å². The molecule has 5 nitrogen and oxygen atoms in total. The zero-order valence-electron chi connectivity index (χ0n) is 7.76. The number of ether oxygens (including phenoxy) is 1. The maximum absolute atomic E-state index is 10.8. The van der Waals surface area contributed by atoms with Gasteiger partial charge in [-0.1, -0.05) is 0 Å². The molecule has 0 heterocycles. The molecular weight excluding hydrogens is 158 g/mol. The maximum atomic E-state index is 10.8. The van der Waals surface area contributed by atoms with E-state index in [1.54, 1.807) is 0 Å². The first-order valence-electron chi connectivity index (χ1n) is 3.77. The van der Waals surface area contributed by atoms with E-state index in [4.69, 9.17) is 16.3 Å². The van der Waals surface area contributed by atoms with Gasteiger partial charge in [-0.2, -0.15) is 0 Å². The molecule has 0 radical (unpaired) electrons. The van der Waals surface area contributed by atoms with Crippen molar-refractivity contribution in [3.8, 4) is 0 Å². The second kappa shape index (κ2) is 4.39. The minimum Gasteiger partial charge on any atom is -0.374 e. The minimum atomic E-state index is -0.700. The van der Waals surface area contributed by atoms with Gasteiger partial charge in [0.2, 0.25) is 0 Å². The Morgan fingerprint density at radius 3 is 2.42 bits per heavy atom. The molecule has 0 spiro atoms. The smallest absolute Gasteiger partial charge is 0.253 e. The van der Waals surface area contributed by atoms with E-state index in [9.17, 15) is 4.79 Å². The van der Waals surface area contributed by atoms with Crippen molar-refractivity contribution in [2.45, 2.75) is 32.4 Å². The van der Waals surface area contributed by atoms with Gasteiger partial charge < -0.3 is 10.5 Å². The standard InChI is InChI=1S/C7H17N3O2/c1-7(2,3)12-4-5(8)6(11)10-9/h5H,4,8-9H2,1-3H3,(H,10,11)/t5-/m0/s1. The average molecular weight is 175 g/mol. The first kappa shape index (κ1) is 11.4. The summed E-state index contributed by atoms with van der Waals surface area (Å²) in [5, 5.41) is 0. The van der Waals surface area contributed by atoms with Crippen LogP contribution in [-0.2, 0) is 9.53 Å². The molecule has 0 saturated carbocycles. The third-order valence-electron chi connectivity index (χ3n) is 1.17. The largest absolute Gasteiger partial charge is 0.374 e. The van der Waals surface area contributed by atoms with Crippen LogP contribution in [-0.4, -0.2) is 24.2 Å². The Balaban J connectivity index is 3.72. The zero-order valence-corrected chi connectivity index (χ0v) is 7.76. The van der Waals surface area contributed by atoms with Gasteiger partial charge in [0.1, 0.15) is 6.04 Å². The average Bonchev–Trinajstić information content (AvgIpc) is 1.97. The monoisotopic (exact) mass is 175 g/mol. The highest BCUT2D eigenvalue weighted by Gasteiger charge is 2.16. The van der Waals surface area contributed by atoms with Crippen molar-refractivity contribution in [1.29, 1.82) is 0 Å². The van der Waals surface area contributed by atoms with Gasteiger partial charge >= 0.3 is 0 Å². The Morgan fingerprint density at radius 1 is 1.58 bits per heavy atom. The molecule has 12 heavy (non-hydrogen) atoms. The molecule has 72 valence electrons. The van der Waals surface area contributed by atoms with E-state index in [0.29, 0.717) is 0 Å². The number of nitrogens with one attached hydrogen (secondary N) is 1. The summed E-state index contributed by atoms with van der Waals surface area (Å²) in [7, 11) is 0. The van der Waals surface area contributed by atoms with E-state index in [2.05, 4.69) is 0 Å². The van der Waals surface area contributed by atoms with Gasteiger partial charge in [0.25, 0.3) is 5.91 Å². The summed E-state index contributed by atoms with van der Waals surface area (Å²) in [6, 6.07) is -0.700. The van der Waals surface area contributed by atoms with Gasteiger partial charge in [-0.25, -0.2) is 5.84 Å². The lowest BCUT2D eigenvalue weighted by Gasteiger charge is -2.21. The van der Waals surface area contributed by atoms with E-state index >= 15 is 0 Å². The molecule has 1 atom stereocenters. The van der Waals surface area contributed by atoms with E-state index in [1.807, 2.05) is 26.2 Å². The van der Waals surface area contributed by atoms with Gasteiger partial charge in [-0.3, -0.25) is 10.2 Å². The molecule has 0 rings (SSSR count). The number of hydrogen-bond acceptors (Lipinski definition) is 4. The molecule has 0 aliphatic rings. The Bertz CT molecular complexity index is 153. The number of hydrazine groups is 1. The summed E-state index contributed by atoms with van der Waals surface area (Å²) < 4.78 is 5.27. The van der Waals surface area contributed by atoms with Crippen molar-refractivity contribution < 1.29 is 9.53 Å². The molecule has 0 saturated heterocycles. The fourth-order valence-electron chi connectivity index (χ4n) is 0.523. The highest BCUT2D eigenvalue weighted by molar-refractivity contribution is 5.80. The Labute approximate surface area is 72.4 Å². The molecule has 5 N–H and O–H groups in total. The van der Waals surface area contributed by atoms with Crippen molar-refractivity contribution in [3.63, 3.8) is 0 Å². The van der Waals surface area contributed by atoms with Gasteiger partial charge in [0.15, 0.2) is 0 Å². The van der Waals surface area contributed by atoms with Gasteiger partial charge in [0, 0.05) is 0 Å².